The number of imidazole rings is 1. The van der Waals surface area contributed by atoms with E-state index < -0.39 is 0 Å². The second-order valence-corrected chi connectivity index (χ2v) is 8.51. The molecule has 0 saturated heterocycles. The van der Waals surface area contributed by atoms with Crippen molar-refractivity contribution in [3.63, 3.8) is 0 Å². The summed E-state index contributed by atoms with van der Waals surface area (Å²) in [5, 5.41) is 0. The van der Waals surface area contributed by atoms with Gasteiger partial charge in [0.25, 0.3) is 0 Å². The number of aromatic nitrogens is 2. The molecule has 0 bridgehead atoms. The lowest BCUT2D eigenvalue weighted by atomic mass is 10.1. The lowest BCUT2D eigenvalue weighted by molar-refractivity contribution is 0.302. The standard InChI is InChI=1S/C24H31BrN2O/c1-4-5-6-7-8-9-10-13-28-23-12-11-19(16-20(23)25)24-26-21-14-17(2)18(3)15-22(21)27-24/h11-12,14-16H,4-10,13H2,1-3H3,(H,26,27). The minimum Gasteiger partial charge on any atom is -0.492 e. The van der Waals surface area contributed by atoms with E-state index in [2.05, 4.69) is 66.0 Å². The summed E-state index contributed by atoms with van der Waals surface area (Å²) in [6, 6.07) is 10.5. The first kappa shape index (κ1) is 20.9. The van der Waals surface area contributed by atoms with E-state index in [0.29, 0.717) is 0 Å². The Labute approximate surface area is 177 Å². The molecule has 1 N–H and O–H groups in total. The molecule has 4 heteroatoms. The fourth-order valence-electron chi connectivity index (χ4n) is 3.41. The lowest BCUT2D eigenvalue weighted by Crippen LogP contribution is -1.98. The van der Waals surface area contributed by atoms with Crippen molar-refractivity contribution in [3.8, 4) is 17.1 Å². The maximum atomic E-state index is 5.97. The van der Waals surface area contributed by atoms with Gasteiger partial charge in [-0.3, -0.25) is 0 Å². The van der Waals surface area contributed by atoms with Gasteiger partial charge in [-0.25, -0.2) is 4.98 Å². The Kier molecular flexibility index (Phi) is 7.55. The minimum atomic E-state index is 0.773. The number of H-pyrrole nitrogens is 1. The largest absolute Gasteiger partial charge is 0.492 e. The monoisotopic (exact) mass is 442 g/mol. The number of nitrogens with zero attached hydrogens (tertiary/aromatic N) is 1. The quantitative estimate of drug-likeness (QED) is 0.326. The lowest BCUT2D eigenvalue weighted by Gasteiger charge is -2.09. The number of ether oxygens (including phenoxy) is 1. The molecule has 0 fully saturated rings. The fraction of sp³-hybridized carbons (Fsp3) is 0.458. The first-order valence-corrected chi connectivity index (χ1v) is 11.3. The Hall–Kier alpha value is -1.81. The van der Waals surface area contributed by atoms with Crippen LogP contribution < -0.4 is 4.74 Å². The minimum absolute atomic E-state index is 0.773. The van der Waals surface area contributed by atoms with Gasteiger partial charge in [0.1, 0.15) is 11.6 Å². The van der Waals surface area contributed by atoms with E-state index in [1.807, 2.05) is 6.07 Å². The molecule has 0 atom stereocenters. The van der Waals surface area contributed by atoms with Gasteiger partial charge in [-0.1, -0.05) is 45.4 Å². The molecule has 150 valence electrons. The normalized spacial score (nSPS) is 11.3. The molecule has 0 aliphatic rings. The Balaban J connectivity index is 1.57. The zero-order chi connectivity index (χ0) is 19.9. The number of hydrogen-bond acceptors (Lipinski definition) is 2. The van der Waals surface area contributed by atoms with Crippen molar-refractivity contribution in [2.45, 2.75) is 65.7 Å². The number of rotatable bonds is 10. The number of fused-ring (bicyclic) bond motifs is 1. The third kappa shape index (κ3) is 5.38. The maximum Gasteiger partial charge on any atom is 0.138 e. The number of halogens is 1. The van der Waals surface area contributed by atoms with Crippen molar-refractivity contribution < 1.29 is 4.74 Å². The van der Waals surface area contributed by atoms with E-state index >= 15 is 0 Å². The van der Waals surface area contributed by atoms with Gasteiger partial charge in [0, 0.05) is 5.56 Å². The van der Waals surface area contributed by atoms with Gasteiger partial charge >= 0.3 is 0 Å². The van der Waals surface area contributed by atoms with E-state index in [1.54, 1.807) is 0 Å². The van der Waals surface area contributed by atoms with Crippen molar-refractivity contribution in [1.29, 1.82) is 0 Å². The summed E-state index contributed by atoms with van der Waals surface area (Å²) in [6.45, 7) is 7.28. The van der Waals surface area contributed by atoms with E-state index in [1.165, 1.54) is 49.7 Å². The molecule has 0 spiro atoms. The molecule has 1 heterocycles. The van der Waals surface area contributed by atoms with Crippen LogP contribution in [0.1, 0.15) is 63.0 Å². The summed E-state index contributed by atoms with van der Waals surface area (Å²) in [5.74, 6) is 1.79. The highest BCUT2D eigenvalue weighted by Gasteiger charge is 2.10. The molecule has 0 unspecified atom stereocenters. The zero-order valence-electron chi connectivity index (χ0n) is 17.3. The summed E-state index contributed by atoms with van der Waals surface area (Å²) in [5.41, 5.74) is 5.68. The first-order chi connectivity index (χ1) is 13.6. The van der Waals surface area contributed by atoms with E-state index in [9.17, 15) is 0 Å². The summed E-state index contributed by atoms with van der Waals surface area (Å²) >= 11 is 3.66. The molecule has 0 aliphatic carbocycles. The molecule has 0 radical (unpaired) electrons. The molecule has 0 saturated carbocycles. The van der Waals surface area contributed by atoms with Gasteiger partial charge in [-0.15, -0.1) is 0 Å². The SMILES string of the molecule is CCCCCCCCCOc1ccc(-c2nc3cc(C)c(C)cc3[nH]2)cc1Br. The third-order valence-corrected chi connectivity index (χ3v) is 5.93. The molecule has 2 aromatic carbocycles. The van der Waals surface area contributed by atoms with Crippen LogP contribution in [0.3, 0.4) is 0 Å². The maximum absolute atomic E-state index is 5.97. The summed E-state index contributed by atoms with van der Waals surface area (Å²) in [6.07, 6.45) is 9.06. The van der Waals surface area contributed by atoms with Gasteiger partial charge in [0.15, 0.2) is 0 Å². The van der Waals surface area contributed by atoms with Gasteiger partial charge < -0.3 is 9.72 Å². The highest BCUT2D eigenvalue weighted by atomic mass is 79.9. The van der Waals surface area contributed by atoms with Gasteiger partial charge in [0.2, 0.25) is 0 Å². The third-order valence-electron chi connectivity index (χ3n) is 5.31. The number of benzene rings is 2. The zero-order valence-corrected chi connectivity index (χ0v) is 18.9. The highest BCUT2D eigenvalue weighted by Crippen LogP contribution is 2.31. The van der Waals surface area contributed by atoms with Crippen LogP contribution in [0.15, 0.2) is 34.8 Å². The van der Waals surface area contributed by atoms with Crippen LogP contribution in [0, 0.1) is 13.8 Å². The molecule has 28 heavy (non-hydrogen) atoms. The summed E-state index contributed by atoms with van der Waals surface area (Å²) in [4.78, 5) is 8.19. The average molecular weight is 443 g/mol. The molecular formula is C24H31BrN2O. The van der Waals surface area contributed by atoms with Crippen LogP contribution in [-0.4, -0.2) is 16.6 Å². The van der Waals surface area contributed by atoms with Crippen molar-refractivity contribution in [2.24, 2.45) is 0 Å². The molecule has 0 amide bonds. The van der Waals surface area contributed by atoms with Crippen molar-refractivity contribution in [1.82, 2.24) is 9.97 Å². The van der Waals surface area contributed by atoms with Gasteiger partial charge in [0.05, 0.1) is 22.1 Å². The Morgan fingerprint density at radius 1 is 0.929 bits per heavy atom. The number of aromatic amines is 1. The Morgan fingerprint density at radius 2 is 1.64 bits per heavy atom. The van der Waals surface area contributed by atoms with Crippen LogP contribution in [0.5, 0.6) is 5.75 Å². The van der Waals surface area contributed by atoms with E-state index in [-0.39, 0.29) is 0 Å². The van der Waals surface area contributed by atoms with Crippen LogP contribution >= 0.6 is 15.9 Å². The van der Waals surface area contributed by atoms with Crippen molar-refractivity contribution in [3.05, 3.63) is 45.9 Å². The molecule has 0 aliphatic heterocycles. The molecule has 3 rings (SSSR count). The van der Waals surface area contributed by atoms with Gasteiger partial charge in [-0.05, 0) is 77.7 Å². The first-order valence-electron chi connectivity index (χ1n) is 10.5. The summed E-state index contributed by atoms with van der Waals surface area (Å²) < 4.78 is 6.94. The molecule has 3 aromatic rings. The second kappa shape index (κ2) is 10.1. The van der Waals surface area contributed by atoms with Crippen LogP contribution in [0.25, 0.3) is 22.4 Å². The van der Waals surface area contributed by atoms with Crippen LogP contribution in [-0.2, 0) is 0 Å². The van der Waals surface area contributed by atoms with E-state index in [0.717, 1.165) is 45.7 Å². The Morgan fingerprint density at radius 3 is 2.39 bits per heavy atom. The summed E-state index contributed by atoms with van der Waals surface area (Å²) in [7, 11) is 0. The van der Waals surface area contributed by atoms with Crippen LogP contribution in [0.2, 0.25) is 0 Å². The number of aryl methyl sites for hydroxylation is 2. The van der Waals surface area contributed by atoms with Gasteiger partial charge in [-0.2, -0.15) is 0 Å². The van der Waals surface area contributed by atoms with E-state index in [4.69, 9.17) is 9.72 Å². The predicted octanol–water partition coefficient (Wildman–Crippen LogP) is 7.74. The average Bonchev–Trinajstić information content (AvgIpc) is 3.08. The number of unbranched alkanes of at least 4 members (excludes halogenated alkanes) is 6. The number of hydrogen-bond donors (Lipinski definition) is 1. The molecular weight excluding hydrogens is 412 g/mol. The fourth-order valence-corrected chi connectivity index (χ4v) is 3.91. The number of nitrogens with one attached hydrogen (secondary N) is 1. The van der Waals surface area contributed by atoms with Crippen LogP contribution in [0.4, 0.5) is 0 Å². The Bertz CT molecular complexity index is 877. The topological polar surface area (TPSA) is 37.9 Å². The molecule has 1 aromatic heterocycles. The molecule has 3 nitrogen and oxygen atoms in total. The second-order valence-electron chi connectivity index (χ2n) is 7.65. The van der Waals surface area contributed by atoms with Crippen molar-refractivity contribution >= 4 is 27.0 Å². The predicted molar refractivity (Wildman–Crippen MR) is 122 cm³/mol. The highest BCUT2D eigenvalue weighted by molar-refractivity contribution is 9.10. The smallest absolute Gasteiger partial charge is 0.138 e. The van der Waals surface area contributed by atoms with Crippen molar-refractivity contribution in [2.75, 3.05) is 6.61 Å².